The lowest BCUT2D eigenvalue weighted by Gasteiger charge is -1.98. The van der Waals surface area contributed by atoms with E-state index in [0.717, 1.165) is 5.33 Å². The SMILES string of the molecule is BrCCCCCCC=CCCCCCCCBr. The van der Waals surface area contributed by atoms with Crippen LogP contribution >= 0.6 is 31.9 Å². The molecule has 2 heteroatoms. The maximum Gasteiger partial charge on any atom is 0.00313 e. The molecule has 0 amide bonds. The summed E-state index contributed by atoms with van der Waals surface area (Å²) in [4.78, 5) is 0. The zero-order valence-corrected chi connectivity index (χ0v) is 14.3. The molecule has 0 unspecified atom stereocenters. The number of halogens is 2. The molecule has 0 bridgehead atoms. The fraction of sp³-hybridized carbons (Fsp3) is 0.867. The van der Waals surface area contributed by atoms with E-state index in [1.807, 2.05) is 0 Å². The Kier molecular flexibility index (Phi) is 17.4. The molecule has 17 heavy (non-hydrogen) atoms. The Morgan fingerprint density at radius 3 is 1.24 bits per heavy atom. The summed E-state index contributed by atoms with van der Waals surface area (Å²) in [7, 11) is 0. The second-order valence-electron chi connectivity index (χ2n) is 4.61. The summed E-state index contributed by atoms with van der Waals surface area (Å²) in [6.45, 7) is 0. The average molecular weight is 368 g/mol. The molecule has 102 valence electrons. The fourth-order valence-electron chi connectivity index (χ4n) is 1.83. The molecular formula is C15H28Br2. The zero-order valence-electron chi connectivity index (χ0n) is 11.1. The Hall–Kier alpha value is 0.700. The number of hydrogen-bond donors (Lipinski definition) is 0. The summed E-state index contributed by atoms with van der Waals surface area (Å²) in [5, 5.41) is 2.33. The average Bonchev–Trinajstić information content (AvgIpc) is 2.35. The van der Waals surface area contributed by atoms with E-state index in [1.165, 1.54) is 76.0 Å². The van der Waals surface area contributed by atoms with Crippen molar-refractivity contribution in [2.45, 2.75) is 70.6 Å². The van der Waals surface area contributed by atoms with E-state index in [-0.39, 0.29) is 0 Å². The van der Waals surface area contributed by atoms with Crippen molar-refractivity contribution >= 4 is 31.9 Å². The molecule has 0 aromatic heterocycles. The molecule has 0 aromatic carbocycles. The van der Waals surface area contributed by atoms with Crippen LogP contribution in [0.3, 0.4) is 0 Å². The van der Waals surface area contributed by atoms with Crippen molar-refractivity contribution in [2.24, 2.45) is 0 Å². The fourth-order valence-corrected chi connectivity index (χ4v) is 2.63. The maximum atomic E-state index is 3.47. The second kappa shape index (κ2) is 16.7. The van der Waals surface area contributed by atoms with Gasteiger partial charge in [0.1, 0.15) is 0 Å². The highest BCUT2D eigenvalue weighted by Crippen LogP contribution is 2.08. The second-order valence-corrected chi connectivity index (χ2v) is 6.19. The minimum atomic E-state index is 1.16. The predicted molar refractivity (Wildman–Crippen MR) is 87.5 cm³/mol. The standard InChI is InChI=1S/C15H28Br2/c16-14-12-10-8-6-4-2-1-3-5-7-9-11-13-15-17/h1-2H,3-15H2. The van der Waals surface area contributed by atoms with Crippen molar-refractivity contribution in [3.05, 3.63) is 12.2 Å². The van der Waals surface area contributed by atoms with Gasteiger partial charge in [-0.05, 0) is 38.5 Å². The van der Waals surface area contributed by atoms with Crippen LogP contribution in [0.25, 0.3) is 0 Å². The monoisotopic (exact) mass is 366 g/mol. The minimum absolute atomic E-state index is 1.16. The van der Waals surface area contributed by atoms with Crippen LogP contribution in [0.5, 0.6) is 0 Å². The molecule has 0 aliphatic rings. The van der Waals surface area contributed by atoms with Gasteiger partial charge in [0.05, 0.1) is 0 Å². The van der Waals surface area contributed by atoms with Gasteiger partial charge in [0.25, 0.3) is 0 Å². The molecule has 0 N–H and O–H groups in total. The van der Waals surface area contributed by atoms with Crippen LogP contribution in [0.1, 0.15) is 70.6 Å². The topological polar surface area (TPSA) is 0 Å². The van der Waals surface area contributed by atoms with E-state index in [1.54, 1.807) is 0 Å². The first kappa shape index (κ1) is 17.7. The van der Waals surface area contributed by atoms with Crippen LogP contribution in [0.4, 0.5) is 0 Å². The van der Waals surface area contributed by atoms with Crippen LogP contribution < -0.4 is 0 Å². The molecule has 0 heterocycles. The largest absolute Gasteiger partial charge is 0.0928 e. The van der Waals surface area contributed by atoms with Crippen molar-refractivity contribution < 1.29 is 0 Å². The van der Waals surface area contributed by atoms with Crippen LogP contribution in [-0.4, -0.2) is 10.7 Å². The molecule has 0 saturated heterocycles. The van der Waals surface area contributed by atoms with Crippen LogP contribution in [0, 0.1) is 0 Å². The third-order valence-corrected chi connectivity index (χ3v) is 4.05. The number of alkyl halides is 2. The normalized spacial score (nSPS) is 11.4. The summed E-state index contributed by atoms with van der Waals surface area (Å²) < 4.78 is 0. The van der Waals surface area contributed by atoms with Gasteiger partial charge in [-0.15, -0.1) is 0 Å². The number of rotatable bonds is 13. The molecule has 0 aliphatic carbocycles. The van der Waals surface area contributed by atoms with Gasteiger partial charge in [-0.3, -0.25) is 0 Å². The first-order valence-electron chi connectivity index (χ1n) is 7.18. The summed E-state index contributed by atoms with van der Waals surface area (Å²) in [6.07, 6.45) is 19.7. The van der Waals surface area contributed by atoms with E-state index in [9.17, 15) is 0 Å². The molecule has 0 aliphatic heterocycles. The van der Waals surface area contributed by atoms with E-state index in [0.29, 0.717) is 0 Å². The predicted octanol–water partition coefficient (Wildman–Crippen LogP) is 6.62. The maximum absolute atomic E-state index is 3.47. The van der Waals surface area contributed by atoms with E-state index < -0.39 is 0 Å². The molecule has 0 radical (unpaired) electrons. The molecule has 0 fully saturated rings. The third kappa shape index (κ3) is 16.7. The van der Waals surface area contributed by atoms with E-state index >= 15 is 0 Å². The first-order chi connectivity index (χ1) is 8.41. The summed E-state index contributed by atoms with van der Waals surface area (Å²) in [5.41, 5.74) is 0. The van der Waals surface area contributed by atoms with Crippen LogP contribution in [0.15, 0.2) is 12.2 Å². The van der Waals surface area contributed by atoms with Crippen molar-refractivity contribution in [1.82, 2.24) is 0 Å². The molecule has 0 nitrogen and oxygen atoms in total. The summed E-state index contributed by atoms with van der Waals surface area (Å²) >= 11 is 6.94. The van der Waals surface area contributed by atoms with Crippen molar-refractivity contribution in [1.29, 1.82) is 0 Å². The molecule has 0 aromatic rings. The van der Waals surface area contributed by atoms with Crippen LogP contribution in [0.2, 0.25) is 0 Å². The van der Waals surface area contributed by atoms with Gasteiger partial charge in [0.15, 0.2) is 0 Å². The van der Waals surface area contributed by atoms with Gasteiger partial charge in [-0.1, -0.05) is 76.1 Å². The Morgan fingerprint density at radius 1 is 0.471 bits per heavy atom. The van der Waals surface area contributed by atoms with E-state index in [2.05, 4.69) is 44.0 Å². The Balaban J connectivity index is 2.99. The smallest absolute Gasteiger partial charge is 0.00313 e. The quantitative estimate of drug-likeness (QED) is 0.195. The van der Waals surface area contributed by atoms with Gasteiger partial charge in [-0.25, -0.2) is 0 Å². The Morgan fingerprint density at radius 2 is 0.824 bits per heavy atom. The number of allylic oxidation sites excluding steroid dienone is 2. The number of hydrogen-bond acceptors (Lipinski definition) is 0. The molecule has 0 rings (SSSR count). The van der Waals surface area contributed by atoms with Gasteiger partial charge < -0.3 is 0 Å². The highest BCUT2D eigenvalue weighted by atomic mass is 79.9. The van der Waals surface area contributed by atoms with E-state index in [4.69, 9.17) is 0 Å². The lowest BCUT2D eigenvalue weighted by molar-refractivity contribution is 0.639. The van der Waals surface area contributed by atoms with Gasteiger partial charge >= 0.3 is 0 Å². The van der Waals surface area contributed by atoms with Crippen molar-refractivity contribution in [3.63, 3.8) is 0 Å². The molecule has 0 atom stereocenters. The summed E-state index contributed by atoms with van der Waals surface area (Å²) in [6, 6.07) is 0. The van der Waals surface area contributed by atoms with Gasteiger partial charge in [0.2, 0.25) is 0 Å². The minimum Gasteiger partial charge on any atom is -0.0928 e. The lowest BCUT2D eigenvalue weighted by Crippen LogP contribution is -1.79. The zero-order chi connectivity index (χ0) is 12.6. The Labute approximate surface area is 125 Å². The Bertz CT molecular complexity index is 155. The third-order valence-electron chi connectivity index (χ3n) is 2.93. The van der Waals surface area contributed by atoms with Gasteiger partial charge in [0, 0.05) is 10.7 Å². The lowest BCUT2D eigenvalue weighted by atomic mass is 10.1. The highest BCUT2D eigenvalue weighted by molar-refractivity contribution is 9.09. The summed E-state index contributed by atoms with van der Waals surface area (Å²) in [5.74, 6) is 0. The van der Waals surface area contributed by atoms with Crippen LogP contribution in [-0.2, 0) is 0 Å². The molecule has 0 spiro atoms. The molecular weight excluding hydrogens is 340 g/mol. The first-order valence-corrected chi connectivity index (χ1v) is 9.43. The van der Waals surface area contributed by atoms with Gasteiger partial charge in [-0.2, -0.15) is 0 Å². The highest BCUT2D eigenvalue weighted by Gasteiger charge is 1.89. The van der Waals surface area contributed by atoms with Crippen molar-refractivity contribution in [3.8, 4) is 0 Å². The van der Waals surface area contributed by atoms with Crippen molar-refractivity contribution in [2.75, 3.05) is 10.7 Å². The number of unbranched alkanes of at least 4 members (excludes halogenated alkanes) is 9. The molecule has 0 saturated carbocycles.